The number of imidazole rings is 1. The lowest BCUT2D eigenvalue weighted by Gasteiger charge is -2.36. The maximum Gasteiger partial charge on any atom is 0.287 e. The molecule has 3 heterocycles. The molecule has 0 fully saturated rings. The van der Waals surface area contributed by atoms with Crippen molar-refractivity contribution < 1.29 is 4.79 Å². The Bertz CT molecular complexity index is 2330. The highest BCUT2D eigenvalue weighted by atomic mass is 79.9. The van der Waals surface area contributed by atoms with Crippen molar-refractivity contribution in [2.24, 2.45) is 0 Å². The number of amides is 1. The van der Waals surface area contributed by atoms with Crippen molar-refractivity contribution in [1.29, 1.82) is 0 Å². The van der Waals surface area contributed by atoms with Crippen LogP contribution in [0, 0.1) is 0 Å². The minimum Gasteiger partial charge on any atom is -0.343 e. The van der Waals surface area contributed by atoms with Crippen LogP contribution in [0.25, 0.3) is 33.2 Å². The molecule has 50 heavy (non-hydrogen) atoms. The van der Waals surface area contributed by atoms with Gasteiger partial charge in [-0.05, 0) is 65.6 Å². The number of halogens is 1. The fraction of sp³-hybridized carbons (Fsp3) is 0.0952. The van der Waals surface area contributed by atoms with Gasteiger partial charge in [0.25, 0.3) is 5.91 Å². The van der Waals surface area contributed by atoms with Crippen molar-refractivity contribution in [3.05, 3.63) is 184 Å². The molecule has 8 rings (SSSR count). The Hall–Kier alpha value is -5.86. The number of hydrogen-bond acceptors (Lipinski definition) is 4. The van der Waals surface area contributed by atoms with Crippen molar-refractivity contribution in [3.63, 3.8) is 0 Å². The summed E-state index contributed by atoms with van der Waals surface area (Å²) in [4.78, 5) is 25.8. The molecular formula is C42H33BrN6O. The van der Waals surface area contributed by atoms with E-state index in [0.717, 1.165) is 54.4 Å². The first-order chi connectivity index (χ1) is 24.5. The first-order valence-corrected chi connectivity index (χ1v) is 17.3. The summed E-state index contributed by atoms with van der Waals surface area (Å²) < 4.78 is 3.06. The molecular weight excluding hydrogens is 684 g/mol. The highest BCUT2D eigenvalue weighted by Crippen LogP contribution is 2.42. The molecule has 1 atom stereocenters. The summed E-state index contributed by atoms with van der Waals surface area (Å²) in [7, 11) is 0. The van der Waals surface area contributed by atoms with E-state index in [0.29, 0.717) is 12.1 Å². The van der Waals surface area contributed by atoms with Gasteiger partial charge >= 0.3 is 0 Å². The summed E-state index contributed by atoms with van der Waals surface area (Å²) in [5.41, 5.74) is 8.04. The number of nitrogens with zero attached hydrogens (tertiary/aromatic N) is 4. The van der Waals surface area contributed by atoms with Gasteiger partial charge in [-0.25, -0.2) is 4.98 Å². The molecule has 5 aromatic carbocycles. The van der Waals surface area contributed by atoms with Crippen LogP contribution in [0.5, 0.6) is 0 Å². The number of carbonyl (C=O) groups is 1. The number of carbonyl (C=O) groups excluding carboxylic acids is 1. The van der Waals surface area contributed by atoms with Crippen LogP contribution in [0.15, 0.2) is 156 Å². The molecule has 0 radical (unpaired) electrons. The third kappa shape index (κ3) is 5.77. The van der Waals surface area contributed by atoms with Gasteiger partial charge in [0.1, 0.15) is 5.69 Å². The number of hydrogen-bond donors (Lipinski definition) is 2. The zero-order valence-corrected chi connectivity index (χ0v) is 28.9. The Labute approximate surface area is 298 Å². The van der Waals surface area contributed by atoms with Crippen LogP contribution in [-0.2, 0) is 12.0 Å². The van der Waals surface area contributed by atoms with Crippen molar-refractivity contribution in [1.82, 2.24) is 30.0 Å². The highest BCUT2D eigenvalue weighted by molar-refractivity contribution is 9.10. The van der Waals surface area contributed by atoms with Crippen LogP contribution < -0.4 is 5.32 Å². The van der Waals surface area contributed by atoms with E-state index >= 15 is 0 Å². The van der Waals surface area contributed by atoms with Gasteiger partial charge in [0, 0.05) is 27.8 Å². The average Bonchev–Trinajstić information content (AvgIpc) is 3.75. The van der Waals surface area contributed by atoms with Crippen LogP contribution in [0.3, 0.4) is 0 Å². The fourth-order valence-corrected chi connectivity index (χ4v) is 7.34. The van der Waals surface area contributed by atoms with Crippen molar-refractivity contribution in [2.75, 3.05) is 0 Å². The molecule has 8 aromatic rings. The molecule has 0 aliphatic rings. The first-order valence-electron chi connectivity index (χ1n) is 16.5. The number of H-pyrrole nitrogens is 1. The van der Waals surface area contributed by atoms with Gasteiger partial charge < -0.3 is 10.3 Å². The average molecular weight is 718 g/mol. The van der Waals surface area contributed by atoms with Crippen LogP contribution in [0.2, 0.25) is 0 Å². The van der Waals surface area contributed by atoms with Gasteiger partial charge in [0.2, 0.25) is 0 Å². The second-order valence-electron chi connectivity index (χ2n) is 12.5. The summed E-state index contributed by atoms with van der Waals surface area (Å²) in [5.74, 6) is -0.0170. The summed E-state index contributed by atoms with van der Waals surface area (Å²) in [6.45, 7) is 2.48. The number of nitrogens with one attached hydrogen (secondary N) is 2. The van der Waals surface area contributed by atoms with E-state index in [1.807, 2.05) is 49.4 Å². The quantitative estimate of drug-likeness (QED) is 0.146. The Morgan fingerprint density at radius 2 is 1.42 bits per heavy atom. The molecule has 0 aliphatic heterocycles. The molecule has 8 heteroatoms. The second kappa shape index (κ2) is 13.2. The van der Waals surface area contributed by atoms with Gasteiger partial charge in [-0.3, -0.25) is 14.5 Å². The van der Waals surface area contributed by atoms with E-state index in [4.69, 9.17) is 10.1 Å². The van der Waals surface area contributed by atoms with Gasteiger partial charge in [-0.15, -0.1) is 0 Å². The van der Waals surface area contributed by atoms with Crippen molar-refractivity contribution >= 4 is 43.8 Å². The molecule has 3 aromatic heterocycles. The largest absolute Gasteiger partial charge is 0.343 e. The molecule has 0 bridgehead atoms. The van der Waals surface area contributed by atoms with Gasteiger partial charge in [-0.1, -0.05) is 119 Å². The third-order valence-corrected chi connectivity index (χ3v) is 9.90. The fourth-order valence-electron chi connectivity index (χ4n) is 6.92. The number of aromatic amines is 1. The predicted molar refractivity (Wildman–Crippen MR) is 202 cm³/mol. The molecule has 0 aliphatic carbocycles. The zero-order chi connectivity index (χ0) is 34.1. The molecule has 0 unspecified atom stereocenters. The first kappa shape index (κ1) is 31.4. The topological polar surface area (TPSA) is 88.5 Å². The standard InChI is InChI=1S/C42H33BrN6O/c1-28(30-12-11-19-34(43)24-30)45-41(50)40-46-36-25-35-38(26-37(36)47-40)49(48-39(35)29-20-22-44-23-21-29)27-42(31-13-5-2-6-14-31,32-15-7-3-8-16-32)33-17-9-4-10-18-33/h2-26,28H,27H2,1H3,(H,45,50)(H,46,47)/t28-/m1/s1. The monoisotopic (exact) mass is 716 g/mol. The number of benzene rings is 5. The maximum absolute atomic E-state index is 13.5. The normalized spacial score (nSPS) is 12.3. The Balaban J connectivity index is 1.29. The van der Waals surface area contributed by atoms with E-state index < -0.39 is 5.41 Å². The van der Waals surface area contributed by atoms with Crippen LogP contribution in [0.4, 0.5) is 0 Å². The van der Waals surface area contributed by atoms with Gasteiger partial charge in [-0.2, -0.15) is 5.10 Å². The van der Waals surface area contributed by atoms with E-state index in [9.17, 15) is 4.79 Å². The number of pyridine rings is 1. The number of fused-ring (bicyclic) bond motifs is 2. The van der Waals surface area contributed by atoms with Crippen LogP contribution in [0.1, 0.15) is 45.8 Å². The van der Waals surface area contributed by atoms with Crippen LogP contribution >= 0.6 is 15.9 Å². The Morgan fingerprint density at radius 1 is 0.800 bits per heavy atom. The molecule has 0 spiro atoms. The van der Waals surface area contributed by atoms with Gasteiger partial charge in [0.05, 0.1) is 34.6 Å². The molecule has 0 saturated carbocycles. The number of aromatic nitrogens is 5. The lowest BCUT2D eigenvalue weighted by atomic mass is 9.69. The van der Waals surface area contributed by atoms with E-state index in [1.165, 1.54) is 0 Å². The molecule has 0 saturated heterocycles. The SMILES string of the molecule is C[C@@H](NC(=O)c1nc2cc3c(-c4ccncc4)nn(CC(c4ccccc4)(c4ccccc4)c4ccccc4)c3cc2[nH]1)c1cccc(Br)c1. The third-order valence-electron chi connectivity index (χ3n) is 9.41. The molecule has 2 N–H and O–H groups in total. The van der Waals surface area contributed by atoms with Crippen molar-refractivity contribution in [2.45, 2.75) is 24.9 Å². The maximum atomic E-state index is 13.5. The minimum absolute atomic E-state index is 0.207. The minimum atomic E-state index is -0.575. The van der Waals surface area contributed by atoms with Crippen LogP contribution in [-0.4, -0.2) is 30.6 Å². The van der Waals surface area contributed by atoms with E-state index in [2.05, 4.69) is 133 Å². The summed E-state index contributed by atoms with van der Waals surface area (Å²) in [6, 6.07) is 47.7. The molecule has 1 amide bonds. The lowest BCUT2D eigenvalue weighted by molar-refractivity contribution is 0.0930. The summed E-state index contributed by atoms with van der Waals surface area (Å²) >= 11 is 3.53. The Kier molecular flexibility index (Phi) is 8.30. The van der Waals surface area contributed by atoms with E-state index in [1.54, 1.807) is 12.4 Å². The zero-order valence-electron chi connectivity index (χ0n) is 27.3. The summed E-state index contributed by atoms with van der Waals surface area (Å²) in [6.07, 6.45) is 3.56. The van der Waals surface area contributed by atoms with E-state index in [-0.39, 0.29) is 17.8 Å². The predicted octanol–water partition coefficient (Wildman–Crippen LogP) is 9.26. The van der Waals surface area contributed by atoms with Gasteiger partial charge in [0.15, 0.2) is 5.82 Å². The highest BCUT2D eigenvalue weighted by Gasteiger charge is 2.38. The summed E-state index contributed by atoms with van der Waals surface area (Å²) in [5, 5.41) is 9.36. The molecule has 244 valence electrons. The lowest BCUT2D eigenvalue weighted by Crippen LogP contribution is -2.35. The Morgan fingerprint density at radius 3 is 2.02 bits per heavy atom. The number of rotatable bonds is 9. The second-order valence-corrected chi connectivity index (χ2v) is 13.4. The molecule has 7 nitrogen and oxygen atoms in total. The van der Waals surface area contributed by atoms with Crippen molar-refractivity contribution in [3.8, 4) is 11.3 Å². The smallest absolute Gasteiger partial charge is 0.287 e.